The number of imidazole rings is 1. The van der Waals surface area contributed by atoms with Gasteiger partial charge in [0, 0.05) is 41.9 Å². The zero-order valence-corrected chi connectivity index (χ0v) is 19.1. The molecule has 7 nitrogen and oxygen atoms in total. The number of nitrogens with zero attached hydrogens (tertiary/aromatic N) is 6. The Labute approximate surface area is 194 Å². The molecule has 32 heavy (non-hydrogen) atoms. The van der Waals surface area contributed by atoms with Crippen LogP contribution in [-0.4, -0.2) is 48.4 Å². The van der Waals surface area contributed by atoms with Crippen LogP contribution in [-0.2, 0) is 11.5 Å². The summed E-state index contributed by atoms with van der Waals surface area (Å²) in [5, 5.41) is 8.54. The maximum absolute atomic E-state index is 12.7. The molecule has 1 amide bonds. The number of carbonyl (C=O) groups excluding carboxylic acids is 1. The van der Waals surface area contributed by atoms with Crippen LogP contribution in [0.2, 0.25) is 0 Å². The van der Waals surface area contributed by atoms with Crippen molar-refractivity contribution in [1.82, 2.24) is 29.4 Å². The Kier molecular flexibility index (Phi) is 5.85. The van der Waals surface area contributed by atoms with E-state index < -0.39 is 0 Å². The number of likely N-dealkylation sites (tertiary alicyclic amines) is 1. The number of para-hydroxylation sites is 1. The predicted molar refractivity (Wildman–Crippen MR) is 127 cm³/mol. The van der Waals surface area contributed by atoms with E-state index in [0.29, 0.717) is 12.6 Å². The van der Waals surface area contributed by atoms with E-state index in [2.05, 4.69) is 35.8 Å². The van der Waals surface area contributed by atoms with E-state index in [1.165, 1.54) is 0 Å². The summed E-state index contributed by atoms with van der Waals surface area (Å²) in [5.41, 5.74) is 2.89. The second-order valence-electron chi connectivity index (χ2n) is 7.93. The van der Waals surface area contributed by atoms with Crippen LogP contribution in [0.4, 0.5) is 0 Å². The molecule has 0 spiro atoms. The van der Waals surface area contributed by atoms with Gasteiger partial charge in [-0.2, -0.15) is 0 Å². The van der Waals surface area contributed by atoms with Gasteiger partial charge < -0.3 is 9.47 Å². The van der Waals surface area contributed by atoms with Crippen LogP contribution < -0.4 is 0 Å². The largest absolute Gasteiger partial charge is 0.339 e. The minimum absolute atomic E-state index is 0.0524. The van der Waals surface area contributed by atoms with Crippen molar-refractivity contribution in [2.45, 2.75) is 25.4 Å². The molecule has 0 atom stereocenters. The van der Waals surface area contributed by atoms with Crippen LogP contribution in [0.1, 0.15) is 30.1 Å². The summed E-state index contributed by atoms with van der Waals surface area (Å²) in [4.78, 5) is 19.2. The molecule has 0 unspecified atom stereocenters. The molecule has 0 N–H and O–H groups in total. The molecule has 2 aromatic carbocycles. The molecule has 162 valence electrons. The predicted octanol–water partition coefficient (Wildman–Crippen LogP) is 4.32. The van der Waals surface area contributed by atoms with E-state index in [9.17, 15) is 4.79 Å². The number of hydrogen-bond acceptors (Lipinski definition) is 4. The van der Waals surface area contributed by atoms with Gasteiger partial charge in [-0.3, -0.25) is 4.79 Å². The lowest BCUT2D eigenvalue weighted by Gasteiger charge is -2.31. The highest BCUT2D eigenvalue weighted by molar-refractivity contribution is 9.10. The van der Waals surface area contributed by atoms with Gasteiger partial charge >= 0.3 is 0 Å². The van der Waals surface area contributed by atoms with E-state index in [4.69, 9.17) is 0 Å². The molecule has 0 radical (unpaired) electrons. The highest BCUT2D eigenvalue weighted by Crippen LogP contribution is 2.27. The molecule has 3 heterocycles. The minimum Gasteiger partial charge on any atom is -0.339 e. The average molecular weight is 491 g/mol. The second kappa shape index (κ2) is 9.08. The fraction of sp³-hybridized carbons (Fsp3) is 0.250. The second-order valence-corrected chi connectivity index (χ2v) is 8.78. The van der Waals surface area contributed by atoms with Crippen LogP contribution in [0.15, 0.2) is 71.5 Å². The molecule has 1 fully saturated rings. The summed E-state index contributed by atoms with van der Waals surface area (Å²) in [6.45, 7) is 2.02. The zero-order valence-electron chi connectivity index (χ0n) is 17.5. The number of aromatic nitrogens is 5. The number of benzene rings is 2. The van der Waals surface area contributed by atoms with Crippen molar-refractivity contribution >= 4 is 38.9 Å². The third kappa shape index (κ3) is 4.23. The van der Waals surface area contributed by atoms with Gasteiger partial charge in [-0.25, -0.2) is 9.67 Å². The maximum atomic E-state index is 12.7. The molecule has 1 saturated heterocycles. The molecule has 2 aromatic heterocycles. The first-order chi connectivity index (χ1) is 15.7. The number of amides is 1. The highest BCUT2D eigenvalue weighted by atomic mass is 79.9. The van der Waals surface area contributed by atoms with Gasteiger partial charge in [0.1, 0.15) is 18.0 Å². The van der Waals surface area contributed by atoms with Gasteiger partial charge in [0.05, 0.1) is 5.52 Å². The van der Waals surface area contributed by atoms with Gasteiger partial charge in [0.2, 0.25) is 5.91 Å². The van der Waals surface area contributed by atoms with Gasteiger partial charge in [0.25, 0.3) is 0 Å². The lowest BCUT2D eigenvalue weighted by molar-refractivity contribution is -0.127. The molecule has 4 aromatic rings. The Hall–Kier alpha value is -3.26. The van der Waals surface area contributed by atoms with Crippen LogP contribution in [0.5, 0.6) is 0 Å². The van der Waals surface area contributed by atoms with E-state index in [1.54, 1.807) is 6.08 Å². The van der Waals surface area contributed by atoms with Crippen LogP contribution in [0.25, 0.3) is 17.1 Å². The standard InChI is InChI=1S/C24H23BrN6O/c25-20-6-2-1-5-18(20)9-10-23(32)29-14-11-19(12-15-29)24-26-13-16-30(24)17-31-22-8-4-3-7-21(22)27-28-31/h1-10,13,16,19H,11-12,14-15,17H2. The van der Waals surface area contributed by atoms with E-state index in [0.717, 1.165) is 52.8 Å². The summed E-state index contributed by atoms with van der Waals surface area (Å²) in [7, 11) is 0. The quantitative estimate of drug-likeness (QED) is 0.390. The topological polar surface area (TPSA) is 68.8 Å². The number of piperidine rings is 1. The first kappa shape index (κ1) is 20.6. The molecule has 1 aliphatic heterocycles. The molecular formula is C24H23BrN6O. The van der Waals surface area contributed by atoms with Crippen molar-refractivity contribution in [2.24, 2.45) is 0 Å². The van der Waals surface area contributed by atoms with Gasteiger partial charge in [-0.1, -0.05) is 51.5 Å². The van der Waals surface area contributed by atoms with Crippen molar-refractivity contribution in [3.05, 3.63) is 82.9 Å². The lowest BCUT2D eigenvalue weighted by Crippen LogP contribution is -2.37. The monoisotopic (exact) mass is 490 g/mol. The third-order valence-electron chi connectivity index (χ3n) is 5.94. The number of halogens is 1. The summed E-state index contributed by atoms with van der Waals surface area (Å²) < 4.78 is 5.01. The number of fused-ring (bicyclic) bond motifs is 1. The van der Waals surface area contributed by atoms with Gasteiger partial charge in [0.15, 0.2) is 0 Å². The Bertz CT molecular complexity index is 1270. The minimum atomic E-state index is 0.0524. The third-order valence-corrected chi connectivity index (χ3v) is 6.66. The fourth-order valence-electron chi connectivity index (χ4n) is 4.20. The molecule has 1 aliphatic rings. The molecule has 8 heteroatoms. The molecule has 0 saturated carbocycles. The molecule has 0 bridgehead atoms. The normalized spacial score (nSPS) is 15.1. The number of hydrogen-bond donors (Lipinski definition) is 0. The van der Waals surface area contributed by atoms with Gasteiger partial charge in [-0.05, 0) is 42.7 Å². The highest BCUT2D eigenvalue weighted by Gasteiger charge is 2.25. The lowest BCUT2D eigenvalue weighted by atomic mass is 9.96. The SMILES string of the molecule is O=C(C=Cc1ccccc1Br)N1CCC(c2nccn2Cn2nnc3ccccc32)CC1. The summed E-state index contributed by atoms with van der Waals surface area (Å²) in [6, 6.07) is 15.8. The van der Waals surface area contributed by atoms with E-state index >= 15 is 0 Å². The number of carbonyl (C=O) groups is 1. The van der Waals surface area contributed by atoms with Crippen molar-refractivity contribution in [3.8, 4) is 0 Å². The van der Waals surface area contributed by atoms with Crippen molar-refractivity contribution < 1.29 is 4.79 Å². The van der Waals surface area contributed by atoms with Crippen LogP contribution in [0.3, 0.4) is 0 Å². The first-order valence-corrected chi connectivity index (χ1v) is 11.5. The Balaban J connectivity index is 1.23. The Morgan fingerprint density at radius 3 is 2.72 bits per heavy atom. The zero-order chi connectivity index (χ0) is 21.9. The van der Waals surface area contributed by atoms with E-state index in [-0.39, 0.29) is 5.91 Å². The smallest absolute Gasteiger partial charge is 0.246 e. The van der Waals surface area contributed by atoms with Crippen molar-refractivity contribution in [1.29, 1.82) is 0 Å². The maximum Gasteiger partial charge on any atom is 0.246 e. The Morgan fingerprint density at radius 2 is 1.88 bits per heavy atom. The summed E-state index contributed by atoms with van der Waals surface area (Å²) in [5.74, 6) is 1.41. The van der Waals surface area contributed by atoms with E-state index in [1.807, 2.05) is 76.6 Å². The van der Waals surface area contributed by atoms with Crippen molar-refractivity contribution in [2.75, 3.05) is 13.1 Å². The van der Waals surface area contributed by atoms with Gasteiger partial charge in [-0.15, -0.1) is 5.10 Å². The van der Waals surface area contributed by atoms with Crippen LogP contribution >= 0.6 is 15.9 Å². The first-order valence-electron chi connectivity index (χ1n) is 10.7. The average Bonchev–Trinajstić information content (AvgIpc) is 3.46. The summed E-state index contributed by atoms with van der Waals surface area (Å²) >= 11 is 3.52. The summed E-state index contributed by atoms with van der Waals surface area (Å²) in [6.07, 6.45) is 9.15. The molecule has 0 aliphatic carbocycles. The van der Waals surface area contributed by atoms with Crippen molar-refractivity contribution in [3.63, 3.8) is 0 Å². The van der Waals surface area contributed by atoms with Crippen LogP contribution in [0, 0.1) is 0 Å². The Morgan fingerprint density at radius 1 is 1.09 bits per heavy atom. The fourth-order valence-corrected chi connectivity index (χ4v) is 4.62. The molecular weight excluding hydrogens is 468 g/mol. The molecule has 5 rings (SSSR count). The number of rotatable bonds is 5.